The minimum Gasteiger partial charge on any atom is -0.358 e. The van der Waals surface area contributed by atoms with Gasteiger partial charge in [-0.25, -0.2) is 0 Å². The zero-order valence-corrected chi connectivity index (χ0v) is 7.18. The van der Waals surface area contributed by atoms with Crippen molar-refractivity contribution in [1.29, 1.82) is 0 Å². The summed E-state index contributed by atoms with van der Waals surface area (Å²) in [6.45, 7) is 0.984. The van der Waals surface area contributed by atoms with Gasteiger partial charge in [-0.2, -0.15) is 0 Å². The molecule has 1 heterocycles. The second kappa shape index (κ2) is 6.12. The highest BCUT2D eigenvalue weighted by molar-refractivity contribution is 5.81. The first-order valence-corrected chi connectivity index (χ1v) is 3.87. The van der Waals surface area contributed by atoms with Gasteiger partial charge < -0.3 is 16.4 Å². The number of hydrogen-bond donors (Lipinski definition) is 3. The van der Waals surface area contributed by atoms with E-state index in [9.17, 15) is 4.79 Å². The van der Waals surface area contributed by atoms with E-state index in [-0.39, 0.29) is 11.9 Å². The van der Waals surface area contributed by atoms with Crippen LogP contribution in [0.5, 0.6) is 0 Å². The molecule has 4 N–H and O–H groups in total. The van der Waals surface area contributed by atoms with Crippen molar-refractivity contribution in [2.24, 2.45) is 5.73 Å². The summed E-state index contributed by atoms with van der Waals surface area (Å²) in [4.78, 5) is 10.8. The molecule has 1 aliphatic heterocycles. The van der Waals surface area contributed by atoms with Crippen molar-refractivity contribution in [2.45, 2.75) is 18.9 Å². The lowest BCUT2D eigenvalue weighted by Gasteiger charge is -2.05. The average Bonchev–Trinajstić information content (AvgIpc) is 2.59. The van der Waals surface area contributed by atoms with Crippen molar-refractivity contribution >= 4 is 5.91 Å². The molecule has 0 aromatic heterocycles. The molecule has 0 saturated carbocycles. The fraction of sp³-hybridized carbons (Fsp3) is 0.857. The summed E-state index contributed by atoms with van der Waals surface area (Å²) in [5, 5.41) is 5.70. The van der Waals surface area contributed by atoms with Crippen molar-refractivity contribution in [1.82, 2.24) is 10.6 Å². The zero-order chi connectivity index (χ0) is 8.69. The van der Waals surface area contributed by atoms with Crippen LogP contribution in [0.3, 0.4) is 0 Å². The number of carbonyl (C=O) groups excluding carboxylic acids is 1. The molecule has 1 unspecified atom stereocenters. The van der Waals surface area contributed by atoms with Crippen LogP contribution in [0.4, 0.5) is 0 Å². The van der Waals surface area contributed by atoms with Gasteiger partial charge in [0.25, 0.3) is 0 Å². The smallest absolute Gasteiger partial charge is 0.236 e. The van der Waals surface area contributed by atoms with Gasteiger partial charge in [0, 0.05) is 7.05 Å². The molecule has 1 fully saturated rings. The summed E-state index contributed by atoms with van der Waals surface area (Å²) in [7, 11) is 3.17. The number of rotatable bonds is 1. The molecular weight excluding hydrogens is 142 g/mol. The normalized spacial score (nSPS) is 21.9. The lowest BCUT2D eigenvalue weighted by atomic mass is 10.2. The molecule has 1 saturated heterocycles. The fourth-order valence-corrected chi connectivity index (χ4v) is 1.08. The third-order valence-corrected chi connectivity index (χ3v) is 1.62. The maximum atomic E-state index is 10.8. The van der Waals surface area contributed by atoms with Crippen LogP contribution in [-0.2, 0) is 4.79 Å². The van der Waals surface area contributed by atoms with Crippen molar-refractivity contribution < 1.29 is 4.79 Å². The SMILES string of the molecule is CN.CNC(=O)C1CCCN1. The molecule has 0 aromatic carbocycles. The van der Waals surface area contributed by atoms with Gasteiger partial charge in [0.1, 0.15) is 0 Å². The van der Waals surface area contributed by atoms with Gasteiger partial charge >= 0.3 is 0 Å². The number of amides is 1. The Bertz CT molecular complexity index is 110. The first kappa shape index (κ1) is 10.4. The topological polar surface area (TPSA) is 67.1 Å². The Labute approximate surface area is 67.5 Å². The first-order valence-electron chi connectivity index (χ1n) is 3.87. The maximum Gasteiger partial charge on any atom is 0.236 e. The second-order valence-corrected chi connectivity index (χ2v) is 2.26. The molecule has 1 amide bonds. The minimum atomic E-state index is 0.0787. The predicted molar refractivity (Wildman–Crippen MR) is 45.2 cm³/mol. The summed E-state index contributed by atoms with van der Waals surface area (Å²) in [6, 6.07) is 0.0787. The van der Waals surface area contributed by atoms with Gasteiger partial charge in [-0.1, -0.05) is 0 Å². The van der Waals surface area contributed by atoms with Gasteiger partial charge in [0.2, 0.25) is 5.91 Å². The van der Waals surface area contributed by atoms with E-state index >= 15 is 0 Å². The van der Waals surface area contributed by atoms with E-state index in [0.717, 1.165) is 19.4 Å². The molecule has 4 heteroatoms. The Balaban J connectivity index is 0.000000461. The number of nitrogens with one attached hydrogen (secondary N) is 2. The molecule has 11 heavy (non-hydrogen) atoms. The molecule has 0 radical (unpaired) electrons. The van der Waals surface area contributed by atoms with E-state index in [1.807, 2.05) is 0 Å². The van der Waals surface area contributed by atoms with Crippen LogP contribution in [0, 0.1) is 0 Å². The molecular formula is C7H17N3O. The minimum absolute atomic E-state index is 0.0787. The van der Waals surface area contributed by atoms with E-state index in [1.165, 1.54) is 7.05 Å². The summed E-state index contributed by atoms with van der Waals surface area (Å²) < 4.78 is 0. The van der Waals surface area contributed by atoms with Gasteiger partial charge in [0.15, 0.2) is 0 Å². The highest BCUT2D eigenvalue weighted by atomic mass is 16.2. The Morgan fingerprint density at radius 1 is 1.64 bits per heavy atom. The van der Waals surface area contributed by atoms with Crippen LogP contribution in [0.1, 0.15) is 12.8 Å². The molecule has 0 spiro atoms. The number of carbonyl (C=O) groups is 1. The van der Waals surface area contributed by atoms with E-state index in [1.54, 1.807) is 7.05 Å². The fourth-order valence-electron chi connectivity index (χ4n) is 1.08. The van der Waals surface area contributed by atoms with Crippen LogP contribution in [0.2, 0.25) is 0 Å². The molecule has 1 aliphatic rings. The second-order valence-electron chi connectivity index (χ2n) is 2.26. The number of nitrogens with two attached hydrogens (primary N) is 1. The molecule has 1 rings (SSSR count). The summed E-state index contributed by atoms with van der Waals surface area (Å²) in [5.74, 6) is 0.118. The number of likely N-dealkylation sites (N-methyl/N-ethyl adjacent to an activating group) is 1. The molecule has 0 aromatic rings. The lowest BCUT2D eigenvalue weighted by Crippen LogP contribution is -2.38. The van der Waals surface area contributed by atoms with Crippen LogP contribution < -0.4 is 16.4 Å². The highest BCUT2D eigenvalue weighted by Gasteiger charge is 2.19. The zero-order valence-electron chi connectivity index (χ0n) is 7.18. The highest BCUT2D eigenvalue weighted by Crippen LogP contribution is 2.03. The monoisotopic (exact) mass is 159 g/mol. The van der Waals surface area contributed by atoms with Crippen LogP contribution >= 0.6 is 0 Å². The average molecular weight is 159 g/mol. The standard InChI is InChI=1S/C6H12N2O.CH5N/c1-7-6(9)5-3-2-4-8-5;1-2/h5,8H,2-4H2,1H3,(H,7,9);2H2,1H3. The molecule has 66 valence electrons. The van der Waals surface area contributed by atoms with Crippen molar-refractivity contribution in [3.63, 3.8) is 0 Å². The van der Waals surface area contributed by atoms with Crippen LogP contribution in [0.25, 0.3) is 0 Å². The van der Waals surface area contributed by atoms with Gasteiger partial charge in [-0.3, -0.25) is 4.79 Å². The third kappa shape index (κ3) is 3.34. The van der Waals surface area contributed by atoms with Crippen molar-refractivity contribution in [3.8, 4) is 0 Å². The Morgan fingerprint density at radius 3 is 2.64 bits per heavy atom. The lowest BCUT2D eigenvalue weighted by molar-refractivity contribution is -0.122. The summed E-state index contributed by atoms with van der Waals surface area (Å²) in [5.41, 5.74) is 4.50. The van der Waals surface area contributed by atoms with Crippen LogP contribution in [-0.4, -0.2) is 32.6 Å². The number of hydrogen-bond acceptors (Lipinski definition) is 3. The Morgan fingerprint density at radius 2 is 2.27 bits per heavy atom. The summed E-state index contributed by atoms with van der Waals surface area (Å²) >= 11 is 0. The Kier molecular flexibility index (Phi) is 5.78. The van der Waals surface area contributed by atoms with E-state index in [0.29, 0.717) is 0 Å². The largest absolute Gasteiger partial charge is 0.358 e. The van der Waals surface area contributed by atoms with Crippen molar-refractivity contribution in [2.75, 3.05) is 20.6 Å². The van der Waals surface area contributed by atoms with E-state index in [4.69, 9.17) is 0 Å². The quantitative estimate of drug-likeness (QED) is 0.462. The summed E-state index contributed by atoms with van der Waals surface area (Å²) in [6.07, 6.45) is 2.11. The van der Waals surface area contributed by atoms with Gasteiger partial charge in [-0.05, 0) is 26.4 Å². The maximum absolute atomic E-state index is 10.8. The third-order valence-electron chi connectivity index (χ3n) is 1.62. The van der Waals surface area contributed by atoms with E-state index in [2.05, 4.69) is 16.4 Å². The van der Waals surface area contributed by atoms with Crippen molar-refractivity contribution in [3.05, 3.63) is 0 Å². The predicted octanol–water partition coefficient (Wildman–Crippen LogP) is -0.941. The molecule has 0 aliphatic carbocycles. The van der Waals surface area contributed by atoms with E-state index < -0.39 is 0 Å². The van der Waals surface area contributed by atoms with Gasteiger partial charge in [-0.15, -0.1) is 0 Å². The molecule has 4 nitrogen and oxygen atoms in total. The van der Waals surface area contributed by atoms with Crippen LogP contribution in [0.15, 0.2) is 0 Å². The first-order chi connectivity index (χ1) is 5.34. The van der Waals surface area contributed by atoms with Gasteiger partial charge in [0.05, 0.1) is 6.04 Å². The Hall–Kier alpha value is -0.610. The molecule has 0 bridgehead atoms. The molecule has 1 atom stereocenters.